The van der Waals surface area contributed by atoms with Gasteiger partial charge in [0.05, 0.1) is 4.47 Å². The molecule has 0 spiro atoms. The summed E-state index contributed by atoms with van der Waals surface area (Å²) in [4.78, 5) is 7.71. The lowest BCUT2D eigenvalue weighted by Crippen LogP contribution is -2.03. The highest BCUT2D eigenvalue weighted by Gasteiger charge is 2.11. The molecule has 0 radical (unpaired) electrons. The molecule has 0 fully saturated rings. The van der Waals surface area contributed by atoms with Crippen LogP contribution in [-0.4, -0.2) is 9.97 Å². The van der Waals surface area contributed by atoms with E-state index in [0.717, 1.165) is 27.7 Å². The lowest BCUT2D eigenvalue weighted by molar-refractivity contribution is 0.626. The third-order valence-electron chi connectivity index (χ3n) is 2.99. The minimum absolute atomic E-state index is 0.246. The van der Waals surface area contributed by atoms with Gasteiger partial charge in [-0.1, -0.05) is 26.1 Å². The maximum atomic E-state index is 13.2. The summed E-state index contributed by atoms with van der Waals surface area (Å²) in [5, 5.41) is 0. The molecule has 0 aliphatic rings. The molecule has 2 nitrogen and oxygen atoms in total. The van der Waals surface area contributed by atoms with E-state index in [1.807, 2.05) is 6.92 Å². The quantitative estimate of drug-likeness (QED) is 0.765. The predicted molar refractivity (Wildman–Crippen MR) is 85.8 cm³/mol. The summed E-state index contributed by atoms with van der Waals surface area (Å²) < 4.78 is 14.6. The topological polar surface area (TPSA) is 28.7 Å². The summed E-state index contributed by atoms with van der Waals surface area (Å²) in [6.45, 7) is 6.15. The van der Waals surface area contributed by atoms with Gasteiger partial charge in [0.2, 0.25) is 0 Å². The van der Waals surface area contributed by atoms with Crippen molar-refractivity contribution in [2.75, 3.05) is 0 Å². The number of H-pyrrole nitrogens is 1. The van der Waals surface area contributed by atoms with Gasteiger partial charge >= 0.3 is 0 Å². The molecule has 1 aromatic carbocycles. The predicted octanol–water partition coefficient (Wildman–Crippen LogP) is 5.21. The summed E-state index contributed by atoms with van der Waals surface area (Å²) in [5.74, 6) is 0.942. The van der Waals surface area contributed by atoms with Crippen molar-refractivity contribution in [2.45, 2.75) is 27.2 Å². The van der Waals surface area contributed by atoms with Crippen molar-refractivity contribution in [3.8, 4) is 11.4 Å². The highest BCUT2D eigenvalue weighted by atomic mass is 79.9. The summed E-state index contributed by atoms with van der Waals surface area (Å²) in [5.41, 5.74) is 2.73. The van der Waals surface area contributed by atoms with Crippen molar-refractivity contribution in [1.82, 2.24) is 9.97 Å². The van der Waals surface area contributed by atoms with Crippen LogP contribution < -0.4 is 0 Å². The fourth-order valence-electron chi connectivity index (χ4n) is 2.07. The van der Waals surface area contributed by atoms with Crippen molar-refractivity contribution < 1.29 is 4.39 Å². The van der Waals surface area contributed by atoms with Gasteiger partial charge in [0, 0.05) is 11.3 Å². The number of hydrogen-bond donors (Lipinski definition) is 1. The molecule has 5 heteroatoms. The average Bonchev–Trinajstić information content (AvgIpc) is 2.34. The number of benzene rings is 1. The molecule has 0 saturated carbocycles. The second-order valence-corrected chi connectivity index (χ2v) is 6.42. The molecule has 1 heterocycles. The van der Waals surface area contributed by atoms with Gasteiger partial charge in [-0.05, 0) is 59.0 Å². The second kappa shape index (κ2) is 6.14. The molecule has 0 aliphatic heterocycles. The SMILES string of the molecule is Cc1cc(F)ccc1-c1nc(=S)c(Br)c(CC(C)C)[nH]1. The number of rotatable bonds is 3. The molecular formula is C15H16BrFN2S. The summed E-state index contributed by atoms with van der Waals surface area (Å²) in [7, 11) is 0. The Morgan fingerprint density at radius 1 is 1.40 bits per heavy atom. The lowest BCUT2D eigenvalue weighted by atomic mass is 10.1. The Morgan fingerprint density at radius 3 is 2.70 bits per heavy atom. The molecule has 0 saturated heterocycles. The Balaban J connectivity index is 2.57. The zero-order valence-corrected chi connectivity index (χ0v) is 14.0. The first-order valence-corrected chi connectivity index (χ1v) is 7.64. The van der Waals surface area contributed by atoms with E-state index in [-0.39, 0.29) is 5.82 Å². The van der Waals surface area contributed by atoms with E-state index in [0.29, 0.717) is 16.4 Å². The molecule has 20 heavy (non-hydrogen) atoms. The Labute approximate surface area is 131 Å². The number of halogens is 2. The molecular weight excluding hydrogens is 339 g/mol. The fraction of sp³-hybridized carbons (Fsp3) is 0.333. The smallest absolute Gasteiger partial charge is 0.144 e. The normalized spacial score (nSPS) is 11.1. The highest BCUT2D eigenvalue weighted by Crippen LogP contribution is 2.25. The first-order chi connectivity index (χ1) is 9.38. The maximum absolute atomic E-state index is 13.2. The highest BCUT2D eigenvalue weighted by molar-refractivity contribution is 9.10. The monoisotopic (exact) mass is 354 g/mol. The number of hydrogen-bond acceptors (Lipinski definition) is 2. The lowest BCUT2D eigenvalue weighted by Gasteiger charge is -2.12. The average molecular weight is 355 g/mol. The van der Waals surface area contributed by atoms with E-state index >= 15 is 0 Å². The van der Waals surface area contributed by atoms with Crippen LogP contribution in [0.3, 0.4) is 0 Å². The number of aryl methyl sites for hydroxylation is 1. The van der Waals surface area contributed by atoms with E-state index in [2.05, 4.69) is 39.7 Å². The first kappa shape index (κ1) is 15.3. The molecule has 0 unspecified atom stereocenters. The van der Waals surface area contributed by atoms with Gasteiger partial charge in [0.1, 0.15) is 16.3 Å². The number of aromatic amines is 1. The van der Waals surface area contributed by atoms with E-state index in [1.165, 1.54) is 12.1 Å². The van der Waals surface area contributed by atoms with Crippen molar-refractivity contribution in [2.24, 2.45) is 5.92 Å². The largest absolute Gasteiger partial charge is 0.342 e. The van der Waals surface area contributed by atoms with Crippen LogP contribution in [0.1, 0.15) is 25.1 Å². The summed E-state index contributed by atoms with van der Waals surface area (Å²) >= 11 is 8.79. The Hall–Kier alpha value is -1.07. The van der Waals surface area contributed by atoms with Crippen molar-refractivity contribution >= 4 is 28.1 Å². The second-order valence-electron chi connectivity index (χ2n) is 5.24. The maximum Gasteiger partial charge on any atom is 0.144 e. The molecule has 106 valence electrons. The molecule has 1 N–H and O–H groups in total. The van der Waals surface area contributed by atoms with Crippen LogP contribution in [0.2, 0.25) is 0 Å². The molecule has 0 amide bonds. The molecule has 2 rings (SSSR count). The summed E-state index contributed by atoms with van der Waals surface area (Å²) in [6, 6.07) is 4.66. The Morgan fingerprint density at radius 2 is 2.10 bits per heavy atom. The molecule has 2 aromatic rings. The minimum atomic E-state index is -0.246. The van der Waals surface area contributed by atoms with Gasteiger partial charge in [0.15, 0.2) is 0 Å². The van der Waals surface area contributed by atoms with Crippen molar-refractivity contribution in [3.63, 3.8) is 0 Å². The number of nitrogens with one attached hydrogen (secondary N) is 1. The van der Waals surface area contributed by atoms with Gasteiger partial charge in [-0.2, -0.15) is 0 Å². The van der Waals surface area contributed by atoms with Gasteiger partial charge in [-0.25, -0.2) is 9.37 Å². The van der Waals surface area contributed by atoms with Gasteiger partial charge in [-0.15, -0.1) is 0 Å². The van der Waals surface area contributed by atoms with Gasteiger partial charge < -0.3 is 4.98 Å². The molecule has 0 aliphatic carbocycles. The van der Waals surface area contributed by atoms with Crippen LogP contribution >= 0.6 is 28.1 Å². The van der Waals surface area contributed by atoms with E-state index in [4.69, 9.17) is 12.2 Å². The van der Waals surface area contributed by atoms with Crippen LogP contribution in [0.15, 0.2) is 22.7 Å². The zero-order valence-electron chi connectivity index (χ0n) is 11.6. The third kappa shape index (κ3) is 3.33. The first-order valence-electron chi connectivity index (χ1n) is 6.43. The van der Waals surface area contributed by atoms with E-state index < -0.39 is 0 Å². The molecule has 0 atom stereocenters. The van der Waals surface area contributed by atoms with Crippen LogP contribution in [-0.2, 0) is 6.42 Å². The molecule has 0 bridgehead atoms. The van der Waals surface area contributed by atoms with Crippen molar-refractivity contribution in [1.29, 1.82) is 0 Å². The van der Waals surface area contributed by atoms with Crippen LogP contribution in [0.5, 0.6) is 0 Å². The Kier molecular flexibility index (Phi) is 4.70. The van der Waals surface area contributed by atoms with Crippen molar-refractivity contribution in [3.05, 3.63) is 44.4 Å². The number of nitrogens with zero attached hydrogens (tertiary/aromatic N) is 1. The van der Waals surface area contributed by atoms with Gasteiger partial charge in [-0.3, -0.25) is 0 Å². The van der Waals surface area contributed by atoms with Crippen LogP contribution in [0, 0.1) is 23.3 Å². The molecule has 1 aromatic heterocycles. The van der Waals surface area contributed by atoms with Gasteiger partial charge in [0.25, 0.3) is 0 Å². The standard InChI is InChI=1S/C15H16BrFN2S/c1-8(2)6-12-13(16)15(20)19-14(18-12)11-5-4-10(17)7-9(11)3/h4-5,7-8H,6H2,1-3H3,(H,18,19,20). The van der Waals surface area contributed by atoms with E-state index in [9.17, 15) is 4.39 Å². The third-order valence-corrected chi connectivity index (χ3v) is 4.40. The zero-order chi connectivity index (χ0) is 14.9. The van der Waals surface area contributed by atoms with E-state index in [1.54, 1.807) is 6.07 Å². The minimum Gasteiger partial charge on any atom is -0.342 e. The summed E-state index contributed by atoms with van der Waals surface area (Å²) in [6.07, 6.45) is 0.875. The fourth-order valence-corrected chi connectivity index (χ4v) is 2.64. The number of aromatic nitrogens is 2. The Bertz CT molecular complexity index is 695. The van der Waals surface area contributed by atoms with Crippen LogP contribution in [0.25, 0.3) is 11.4 Å². The van der Waals surface area contributed by atoms with Crippen LogP contribution in [0.4, 0.5) is 4.39 Å².